The second kappa shape index (κ2) is 5.68. The Morgan fingerprint density at radius 3 is 2.88 bits per heavy atom. The van der Waals surface area contributed by atoms with Crippen LogP contribution in [0.1, 0.15) is 19.3 Å². The quantitative estimate of drug-likeness (QED) is 0.759. The molecule has 0 aromatic heterocycles. The fourth-order valence-corrected chi connectivity index (χ4v) is 2.09. The number of anilines is 2. The van der Waals surface area contributed by atoms with Gasteiger partial charge in [0, 0.05) is 19.5 Å². The predicted molar refractivity (Wildman–Crippen MR) is 70.2 cm³/mol. The van der Waals surface area contributed by atoms with Gasteiger partial charge in [-0.1, -0.05) is 12.1 Å². The molecule has 1 aliphatic heterocycles. The number of nitrogens with two attached hydrogens (primary N) is 1. The van der Waals surface area contributed by atoms with Gasteiger partial charge >= 0.3 is 0 Å². The number of nitrogens with zero attached hydrogens (tertiary/aromatic N) is 1. The lowest BCUT2D eigenvalue weighted by Crippen LogP contribution is -2.25. The van der Waals surface area contributed by atoms with Crippen LogP contribution < -0.4 is 16.0 Å². The first kappa shape index (κ1) is 11.9. The highest BCUT2D eigenvalue weighted by Crippen LogP contribution is 2.29. The molecule has 1 aromatic rings. The molecule has 1 amide bonds. The first-order valence-corrected chi connectivity index (χ1v) is 6.16. The van der Waals surface area contributed by atoms with Gasteiger partial charge in [-0.15, -0.1) is 0 Å². The summed E-state index contributed by atoms with van der Waals surface area (Å²) < 4.78 is 0. The minimum atomic E-state index is 0.220. The molecule has 4 nitrogen and oxygen atoms in total. The molecule has 0 saturated carbocycles. The average molecular weight is 233 g/mol. The Morgan fingerprint density at radius 1 is 1.35 bits per heavy atom. The molecule has 17 heavy (non-hydrogen) atoms. The van der Waals surface area contributed by atoms with E-state index in [2.05, 4.69) is 5.32 Å². The van der Waals surface area contributed by atoms with Gasteiger partial charge in [-0.05, 0) is 31.5 Å². The van der Waals surface area contributed by atoms with Gasteiger partial charge in [-0.3, -0.25) is 4.79 Å². The van der Waals surface area contributed by atoms with Gasteiger partial charge in [0.15, 0.2) is 0 Å². The third-order valence-electron chi connectivity index (χ3n) is 2.96. The van der Waals surface area contributed by atoms with Crippen LogP contribution >= 0.6 is 0 Å². The summed E-state index contributed by atoms with van der Waals surface area (Å²) in [5.74, 6) is 0.220. The van der Waals surface area contributed by atoms with Crippen LogP contribution in [0.2, 0.25) is 0 Å². The number of amides is 1. The smallest absolute Gasteiger partial charge is 0.227 e. The Labute approximate surface area is 102 Å². The Bertz CT molecular complexity index is 392. The summed E-state index contributed by atoms with van der Waals surface area (Å²) >= 11 is 0. The normalized spacial score (nSPS) is 15.4. The van der Waals surface area contributed by atoms with Crippen molar-refractivity contribution in [3.63, 3.8) is 0 Å². The summed E-state index contributed by atoms with van der Waals surface area (Å²) in [5, 5.41) is 3.34. The predicted octanol–water partition coefficient (Wildman–Crippen LogP) is 1.57. The SMILES string of the molecule is NCCCNc1ccccc1N1CCCC1=O. The van der Waals surface area contributed by atoms with Crippen LogP contribution in [-0.2, 0) is 4.79 Å². The second-order valence-electron chi connectivity index (χ2n) is 4.24. The molecule has 0 spiro atoms. The molecule has 1 saturated heterocycles. The largest absolute Gasteiger partial charge is 0.383 e. The van der Waals surface area contributed by atoms with E-state index in [1.54, 1.807) is 0 Å². The summed E-state index contributed by atoms with van der Waals surface area (Å²) in [6.45, 7) is 2.35. The minimum absolute atomic E-state index is 0.220. The number of hydrogen-bond donors (Lipinski definition) is 2. The zero-order valence-electron chi connectivity index (χ0n) is 9.98. The topological polar surface area (TPSA) is 58.4 Å². The van der Waals surface area contributed by atoms with Crippen LogP contribution in [0.15, 0.2) is 24.3 Å². The van der Waals surface area contributed by atoms with Gasteiger partial charge in [0.05, 0.1) is 11.4 Å². The Hall–Kier alpha value is -1.55. The molecule has 4 heteroatoms. The minimum Gasteiger partial charge on any atom is -0.383 e. The molecule has 1 heterocycles. The maximum absolute atomic E-state index is 11.7. The maximum Gasteiger partial charge on any atom is 0.227 e. The molecule has 0 unspecified atom stereocenters. The number of carbonyl (C=O) groups is 1. The number of rotatable bonds is 5. The number of para-hydroxylation sites is 2. The van der Waals surface area contributed by atoms with E-state index >= 15 is 0 Å². The Kier molecular flexibility index (Phi) is 3.98. The lowest BCUT2D eigenvalue weighted by molar-refractivity contribution is -0.117. The average Bonchev–Trinajstić information content (AvgIpc) is 2.76. The Balaban J connectivity index is 2.12. The molecule has 1 aromatic carbocycles. The number of benzene rings is 1. The summed E-state index contributed by atoms with van der Waals surface area (Å²) in [7, 11) is 0. The fourth-order valence-electron chi connectivity index (χ4n) is 2.09. The van der Waals surface area contributed by atoms with Crippen LogP contribution in [-0.4, -0.2) is 25.5 Å². The maximum atomic E-state index is 11.7. The van der Waals surface area contributed by atoms with Crippen LogP contribution in [0.3, 0.4) is 0 Å². The van der Waals surface area contributed by atoms with Gasteiger partial charge in [0.1, 0.15) is 0 Å². The Morgan fingerprint density at radius 2 is 2.18 bits per heavy atom. The molecule has 3 N–H and O–H groups in total. The van der Waals surface area contributed by atoms with E-state index in [9.17, 15) is 4.79 Å². The van der Waals surface area contributed by atoms with E-state index in [1.165, 1.54) is 0 Å². The standard InChI is InChI=1S/C13H19N3O/c14-8-4-9-15-11-5-1-2-6-12(11)16-10-3-7-13(16)17/h1-2,5-6,15H,3-4,7-10,14H2. The second-order valence-corrected chi connectivity index (χ2v) is 4.24. The van der Waals surface area contributed by atoms with Gasteiger partial charge in [0.2, 0.25) is 5.91 Å². The molecule has 0 radical (unpaired) electrons. The highest BCUT2D eigenvalue weighted by Gasteiger charge is 2.23. The van der Waals surface area contributed by atoms with Crippen molar-refractivity contribution >= 4 is 17.3 Å². The third-order valence-corrected chi connectivity index (χ3v) is 2.96. The summed E-state index contributed by atoms with van der Waals surface area (Å²) in [5.41, 5.74) is 7.49. The highest BCUT2D eigenvalue weighted by atomic mass is 16.2. The van der Waals surface area contributed by atoms with Crippen LogP contribution in [0.25, 0.3) is 0 Å². The molecule has 0 aliphatic carbocycles. The third kappa shape index (κ3) is 2.77. The summed E-state index contributed by atoms with van der Waals surface area (Å²) in [6.07, 6.45) is 2.55. The molecule has 2 rings (SSSR count). The molecule has 1 fully saturated rings. The first-order chi connectivity index (χ1) is 8.33. The monoisotopic (exact) mass is 233 g/mol. The molecule has 0 bridgehead atoms. The zero-order valence-corrected chi connectivity index (χ0v) is 9.98. The van der Waals surface area contributed by atoms with Gasteiger partial charge in [0.25, 0.3) is 0 Å². The molecule has 1 aliphatic rings. The van der Waals surface area contributed by atoms with E-state index in [0.29, 0.717) is 13.0 Å². The van der Waals surface area contributed by atoms with Gasteiger partial charge in [-0.25, -0.2) is 0 Å². The number of carbonyl (C=O) groups excluding carboxylic acids is 1. The van der Waals surface area contributed by atoms with Crippen molar-refractivity contribution in [3.8, 4) is 0 Å². The van der Waals surface area contributed by atoms with Crippen molar-refractivity contribution in [1.82, 2.24) is 0 Å². The van der Waals surface area contributed by atoms with Crippen LogP contribution in [0, 0.1) is 0 Å². The summed E-state index contributed by atoms with van der Waals surface area (Å²) in [6, 6.07) is 7.95. The van der Waals surface area contributed by atoms with E-state index in [0.717, 1.165) is 37.3 Å². The lowest BCUT2D eigenvalue weighted by atomic mass is 10.2. The van der Waals surface area contributed by atoms with Crippen molar-refractivity contribution < 1.29 is 4.79 Å². The molecule has 92 valence electrons. The van der Waals surface area contributed by atoms with E-state index in [-0.39, 0.29) is 5.91 Å². The first-order valence-electron chi connectivity index (χ1n) is 6.16. The molecule has 0 atom stereocenters. The van der Waals surface area contributed by atoms with E-state index in [4.69, 9.17) is 5.73 Å². The van der Waals surface area contributed by atoms with Crippen molar-refractivity contribution in [2.75, 3.05) is 29.9 Å². The van der Waals surface area contributed by atoms with Crippen LogP contribution in [0.4, 0.5) is 11.4 Å². The van der Waals surface area contributed by atoms with E-state index in [1.807, 2.05) is 29.2 Å². The zero-order chi connectivity index (χ0) is 12.1. The van der Waals surface area contributed by atoms with Crippen molar-refractivity contribution in [2.24, 2.45) is 5.73 Å². The molecular formula is C13H19N3O. The van der Waals surface area contributed by atoms with Crippen molar-refractivity contribution in [1.29, 1.82) is 0 Å². The molecular weight excluding hydrogens is 214 g/mol. The van der Waals surface area contributed by atoms with E-state index < -0.39 is 0 Å². The number of hydrogen-bond acceptors (Lipinski definition) is 3. The number of nitrogens with one attached hydrogen (secondary N) is 1. The van der Waals surface area contributed by atoms with Crippen LogP contribution in [0.5, 0.6) is 0 Å². The van der Waals surface area contributed by atoms with Crippen molar-refractivity contribution in [3.05, 3.63) is 24.3 Å². The van der Waals surface area contributed by atoms with Crippen molar-refractivity contribution in [2.45, 2.75) is 19.3 Å². The lowest BCUT2D eigenvalue weighted by Gasteiger charge is -2.20. The van der Waals surface area contributed by atoms with Gasteiger partial charge < -0.3 is 16.0 Å². The highest BCUT2D eigenvalue weighted by molar-refractivity contribution is 5.98. The summed E-state index contributed by atoms with van der Waals surface area (Å²) in [4.78, 5) is 13.6. The fraction of sp³-hybridized carbons (Fsp3) is 0.462. The van der Waals surface area contributed by atoms with Gasteiger partial charge in [-0.2, -0.15) is 0 Å².